The number of imide groups is 1. The summed E-state index contributed by atoms with van der Waals surface area (Å²) in [4.78, 5) is 99.9. The molecular formula is C35H49F3N6O9. The summed E-state index contributed by atoms with van der Waals surface area (Å²) in [6.07, 6.45) is -5.81. The van der Waals surface area contributed by atoms with Gasteiger partial charge in [0, 0.05) is 37.6 Å². The first-order chi connectivity index (χ1) is 24.9. The van der Waals surface area contributed by atoms with Crippen molar-refractivity contribution in [3.05, 3.63) is 35.9 Å². The first-order valence-corrected chi connectivity index (χ1v) is 17.4. The molecule has 5 N–H and O–H groups in total. The summed E-state index contributed by atoms with van der Waals surface area (Å²) in [6.45, 7) is 4.04. The van der Waals surface area contributed by atoms with Crippen LogP contribution in [0.5, 0.6) is 0 Å². The zero-order chi connectivity index (χ0) is 39.7. The van der Waals surface area contributed by atoms with Crippen LogP contribution in [0.1, 0.15) is 65.4 Å². The van der Waals surface area contributed by atoms with E-state index in [1.807, 2.05) is 19.2 Å². The molecule has 53 heavy (non-hydrogen) atoms. The molecular weight excluding hydrogens is 705 g/mol. The van der Waals surface area contributed by atoms with Crippen LogP contribution in [0.25, 0.3) is 0 Å². The molecule has 0 spiro atoms. The minimum absolute atomic E-state index is 0.0131. The fourth-order valence-corrected chi connectivity index (χ4v) is 5.21. The monoisotopic (exact) mass is 754 g/mol. The maximum atomic E-state index is 13.2. The van der Waals surface area contributed by atoms with E-state index in [-0.39, 0.29) is 42.9 Å². The maximum absolute atomic E-state index is 13.2. The molecule has 0 aliphatic carbocycles. The molecule has 1 heterocycles. The summed E-state index contributed by atoms with van der Waals surface area (Å²) in [5.41, 5.74) is 0.642. The topological polar surface area (TPSA) is 209 Å². The van der Waals surface area contributed by atoms with Crippen LogP contribution in [0.15, 0.2) is 30.3 Å². The molecule has 0 aromatic heterocycles. The van der Waals surface area contributed by atoms with E-state index < -0.39 is 85.9 Å². The van der Waals surface area contributed by atoms with Crippen LogP contribution in [-0.2, 0) is 49.5 Å². The normalized spacial score (nSPS) is 15.6. The summed E-state index contributed by atoms with van der Waals surface area (Å²) in [7, 11) is 0. The molecule has 1 saturated heterocycles. The summed E-state index contributed by atoms with van der Waals surface area (Å²) in [6, 6.07) is 7.29. The van der Waals surface area contributed by atoms with E-state index in [1.54, 1.807) is 30.3 Å². The van der Waals surface area contributed by atoms with Crippen molar-refractivity contribution in [2.24, 2.45) is 17.8 Å². The molecule has 1 aliphatic rings. The van der Waals surface area contributed by atoms with Crippen molar-refractivity contribution in [3.63, 3.8) is 0 Å². The van der Waals surface area contributed by atoms with Gasteiger partial charge in [0.05, 0.1) is 19.6 Å². The Morgan fingerprint density at radius 1 is 0.811 bits per heavy atom. The highest BCUT2D eigenvalue weighted by Crippen LogP contribution is 2.27. The number of Topliss-reactive ketones (excluding diaryl/α,β-unsaturated/α-hetero) is 1. The number of hydrogen-bond donors (Lipinski definition) is 5. The predicted molar refractivity (Wildman–Crippen MR) is 183 cm³/mol. The van der Waals surface area contributed by atoms with E-state index in [2.05, 4.69) is 26.0 Å². The Morgan fingerprint density at radius 2 is 1.42 bits per heavy atom. The van der Waals surface area contributed by atoms with Crippen molar-refractivity contribution in [1.82, 2.24) is 31.5 Å². The number of halogens is 3. The lowest BCUT2D eigenvalue weighted by molar-refractivity contribution is -0.220. The highest BCUT2D eigenvalue weighted by atomic mass is 19.4. The zero-order valence-corrected chi connectivity index (χ0v) is 30.3. The second-order valence-electron chi connectivity index (χ2n) is 13.2. The SMILES string of the molecule is CC(C)C(=O)[C@H](OCNC(=O)CNC(=O)[C@H](Cc1ccccc1)NC(=O)CNC(=O)CNC(=O)CCCCCN1C(=O)CC(C(C)C)C1=O)C(F)(F)F. The van der Waals surface area contributed by atoms with Crippen molar-refractivity contribution in [2.75, 3.05) is 32.9 Å². The van der Waals surface area contributed by atoms with E-state index in [4.69, 9.17) is 0 Å². The Morgan fingerprint density at radius 3 is 2.02 bits per heavy atom. The zero-order valence-electron chi connectivity index (χ0n) is 30.3. The van der Waals surface area contributed by atoms with Gasteiger partial charge in [-0.1, -0.05) is 64.4 Å². The van der Waals surface area contributed by atoms with Gasteiger partial charge in [0.25, 0.3) is 0 Å². The first-order valence-electron chi connectivity index (χ1n) is 17.4. The molecule has 2 rings (SSSR count). The molecule has 294 valence electrons. The summed E-state index contributed by atoms with van der Waals surface area (Å²) < 4.78 is 44.1. The maximum Gasteiger partial charge on any atom is 0.421 e. The molecule has 1 unspecified atom stereocenters. The van der Waals surface area contributed by atoms with Crippen LogP contribution in [0.3, 0.4) is 0 Å². The summed E-state index contributed by atoms with van der Waals surface area (Å²) in [5, 5.41) is 11.6. The van der Waals surface area contributed by atoms with Crippen LogP contribution in [-0.4, -0.2) is 103 Å². The van der Waals surface area contributed by atoms with E-state index >= 15 is 0 Å². The standard InChI is InChI=1S/C35H49F3N6O9/c1-21(2)24-16-30(49)44(34(24)52)14-10-6-9-13-26(45)39-17-27(46)40-19-29(48)43-25(15-23-11-7-5-8-12-23)33(51)41-18-28(47)42-20-53-32(35(36,37)38)31(50)22(3)4/h5,7-8,11-12,21-22,24-25,32H,6,9-10,13-20H2,1-4H3,(H,39,45)(H,40,46)(H,41,51)(H,42,47)(H,43,48)/t24?,25-,32-/m0/s1. The number of amides is 7. The largest absolute Gasteiger partial charge is 0.421 e. The van der Waals surface area contributed by atoms with Crippen molar-refractivity contribution in [3.8, 4) is 0 Å². The van der Waals surface area contributed by atoms with E-state index in [0.717, 1.165) is 0 Å². The third-order valence-corrected chi connectivity index (χ3v) is 8.26. The highest BCUT2D eigenvalue weighted by molar-refractivity contribution is 6.03. The third kappa shape index (κ3) is 15.7. The average molecular weight is 755 g/mol. The fraction of sp³-hybridized carbons (Fsp3) is 0.600. The van der Waals surface area contributed by atoms with Gasteiger partial charge >= 0.3 is 6.18 Å². The van der Waals surface area contributed by atoms with Gasteiger partial charge in [-0.25, -0.2) is 0 Å². The quantitative estimate of drug-likeness (QED) is 0.0647. The van der Waals surface area contributed by atoms with Gasteiger partial charge in [-0.3, -0.25) is 43.3 Å². The molecule has 0 bridgehead atoms. The Bertz CT molecular complexity index is 1460. The molecule has 1 aromatic carbocycles. The lowest BCUT2D eigenvalue weighted by atomic mass is 9.94. The summed E-state index contributed by atoms with van der Waals surface area (Å²) >= 11 is 0. The Hall–Kier alpha value is -4.87. The lowest BCUT2D eigenvalue weighted by Crippen LogP contribution is -2.52. The molecule has 0 radical (unpaired) electrons. The Labute approximate surface area is 305 Å². The number of nitrogens with one attached hydrogen (secondary N) is 5. The molecule has 3 atom stereocenters. The van der Waals surface area contributed by atoms with Gasteiger partial charge in [-0.15, -0.1) is 0 Å². The lowest BCUT2D eigenvalue weighted by Gasteiger charge is -2.21. The smallest absolute Gasteiger partial charge is 0.347 e. The summed E-state index contributed by atoms with van der Waals surface area (Å²) in [5.74, 6) is -6.32. The van der Waals surface area contributed by atoms with Crippen molar-refractivity contribution in [2.45, 2.75) is 84.5 Å². The molecule has 18 heteroatoms. The first kappa shape index (κ1) is 44.3. The Kier molecular flexibility index (Phi) is 18.1. The minimum atomic E-state index is -4.99. The molecule has 1 aliphatic heterocycles. The molecule has 7 amide bonds. The number of benzene rings is 1. The van der Waals surface area contributed by atoms with Crippen LogP contribution in [0.4, 0.5) is 13.2 Å². The number of unbranched alkanes of at least 4 members (excludes halogenated alkanes) is 2. The number of carbonyl (C=O) groups is 8. The van der Waals surface area contributed by atoms with Gasteiger partial charge in [-0.2, -0.15) is 13.2 Å². The predicted octanol–water partition coefficient (Wildman–Crippen LogP) is 0.900. The molecule has 1 fully saturated rings. The van der Waals surface area contributed by atoms with Crippen LogP contribution in [0, 0.1) is 17.8 Å². The van der Waals surface area contributed by atoms with Crippen molar-refractivity contribution in [1.29, 1.82) is 0 Å². The number of ketones is 1. The van der Waals surface area contributed by atoms with Crippen molar-refractivity contribution >= 4 is 47.1 Å². The minimum Gasteiger partial charge on any atom is -0.347 e. The van der Waals surface area contributed by atoms with Gasteiger partial charge in [0.15, 0.2) is 5.78 Å². The number of ether oxygens (including phenoxy) is 1. The molecule has 0 saturated carbocycles. The van der Waals surface area contributed by atoms with E-state index in [1.165, 1.54) is 18.7 Å². The van der Waals surface area contributed by atoms with Gasteiger partial charge in [0.1, 0.15) is 12.8 Å². The highest BCUT2D eigenvalue weighted by Gasteiger charge is 2.46. The number of nitrogens with zero attached hydrogens (tertiary/aromatic N) is 1. The number of hydrogen-bond acceptors (Lipinski definition) is 9. The second-order valence-corrected chi connectivity index (χ2v) is 13.2. The molecule has 15 nitrogen and oxygen atoms in total. The third-order valence-electron chi connectivity index (χ3n) is 8.26. The second kappa shape index (κ2) is 21.6. The van der Waals surface area contributed by atoms with E-state index in [9.17, 15) is 51.5 Å². The molecule has 1 aromatic rings. The van der Waals surface area contributed by atoms with Crippen LogP contribution < -0.4 is 26.6 Å². The van der Waals surface area contributed by atoms with E-state index in [0.29, 0.717) is 31.4 Å². The van der Waals surface area contributed by atoms with Crippen LogP contribution in [0.2, 0.25) is 0 Å². The number of rotatable bonds is 22. The fourth-order valence-electron chi connectivity index (χ4n) is 5.21. The van der Waals surface area contributed by atoms with Gasteiger partial charge in [0.2, 0.25) is 47.5 Å². The number of alkyl halides is 3. The number of carbonyl (C=O) groups excluding carboxylic acids is 8. The average Bonchev–Trinajstić information content (AvgIpc) is 3.38. The van der Waals surface area contributed by atoms with Crippen molar-refractivity contribution < 1.29 is 56.3 Å². The van der Waals surface area contributed by atoms with Crippen LogP contribution >= 0.6 is 0 Å². The Balaban J connectivity index is 1.75. The number of likely N-dealkylation sites (tertiary alicyclic amines) is 1. The van der Waals surface area contributed by atoms with Gasteiger partial charge < -0.3 is 31.3 Å². The van der Waals surface area contributed by atoms with Gasteiger partial charge in [-0.05, 0) is 24.3 Å².